The highest BCUT2D eigenvalue weighted by Gasteiger charge is 2.23. The number of thioether (sulfide) groups is 1. The number of anilines is 1. The molecule has 0 aliphatic carbocycles. The van der Waals surface area contributed by atoms with Gasteiger partial charge in [-0.1, -0.05) is 6.92 Å². The minimum absolute atomic E-state index is 0.0498. The van der Waals surface area contributed by atoms with E-state index in [2.05, 4.69) is 5.32 Å². The Bertz CT molecular complexity index is 467. The Balaban J connectivity index is 1.90. The number of carbonyl (C=O) groups is 2. The highest BCUT2D eigenvalue weighted by atomic mass is 32.2. The van der Waals surface area contributed by atoms with Crippen LogP contribution in [0.5, 0.6) is 0 Å². The van der Waals surface area contributed by atoms with Gasteiger partial charge < -0.3 is 10.1 Å². The normalized spacial score (nSPS) is 17.8. The molecule has 1 saturated heterocycles. The zero-order valence-electron chi connectivity index (χ0n) is 11.6. The first-order valence-electron chi connectivity index (χ1n) is 6.90. The largest absolute Gasteiger partial charge is 0.462 e. The van der Waals surface area contributed by atoms with Crippen LogP contribution in [0, 0.1) is 0 Å². The first-order valence-corrected chi connectivity index (χ1v) is 7.95. The van der Waals surface area contributed by atoms with Crippen molar-refractivity contribution in [1.82, 2.24) is 0 Å². The van der Waals surface area contributed by atoms with Crippen molar-refractivity contribution in [2.45, 2.75) is 31.4 Å². The van der Waals surface area contributed by atoms with Crippen LogP contribution in [0.3, 0.4) is 0 Å². The molecule has 1 amide bonds. The van der Waals surface area contributed by atoms with Gasteiger partial charge in [0.05, 0.1) is 17.4 Å². The molecule has 5 heteroatoms. The maximum absolute atomic E-state index is 12.0. The average molecular weight is 293 g/mol. The highest BCUT2D eigenvalue weighted by molar-refractivity contribution is 8.00. The van der Waals surface area contributed by atoms with E-state index in [-0.39, 0.29) is 17.1 Å². The molecule has 1 aliphatic heterocycles. The van der Waals surface area contributed by atoms with Gasteiger partial charge in [0.25, 0.3) is 0 Å². The molecule has 0 radical (unpaired) electrons. The summed E-state index contributed by atoms with van der Waals surface area (Å²) in [6.07, 6.45) is 2.85. The first kappa shape index (κ1) is 14.9. The Morgan fingerprint density at radius 1 is 1.35 bits per heavy atom. The second-order valence-corrected chi connectivity index (χ2v) is 6.01. The monoisotopic (exact) mass is 293 g/mol. The molecule has 0 aromatic heterocycles. The summed E-state index contributed by atoms with van der Waals surface area (Å²) in [5.41, 5.74) is 1.22. The second kappa shape index (κ2) is 7.33. The van der Waals surface area contributed by atoms with Gasteiger partial charge in [-0.3, -0.25) is 4.79 Å². The average Bonchev–Trinajstić information content (AvgIpc) is 3.00. The molecule has 1 fully saturated rings. The standard InChI is InChI=1S/C15H19NO3S/c1-2-9-19-15(18)11-5-7-12(8-6-11)16-14(17)13-4-3-10-20-13/h5-8,13H,2-4,9-10H2,1H3,(H,16,17). The fraction of sp³-hybridized carbons (Fsp3) is 0.467. The minimum atomic E-state index is -0.323. The van der Waals surface area contributed by atoms with Crippen LogP contribution in [-0.2, 0) is 9.53 Å². The Kier molecular flexibility index (Phi) is 5.47. The van der Waals surface area contributed by atoms with Crippen molar-refractivity contribution in [3.05, 3.63) is 29.8 Å². The highest BCUT2D eigenvalue weighted by Crippen LogP contribution is 2.27. The molecule has 4 nitrogen and oxygen atoms in total. The number of hydrogen-bond donors (Lipinski definition) is 1. The zero-order chi connectivity index (χ0) is 14.4. The van der Waals surface area contributed by atoms with Gasteiger partial charge in [-0.2, -0.15) is 0 Å². The molecule has 1 heterocycles. The number of esters is 1. The SMILES string of the molecule is CCCOC(=O)c1ccc(NC(=O)C2CCCS2)cc1. The molecule has 1 aliphatic rings. The van der Waals surface area contributed by atoms with Gasteiger partial charge in [0.2, 0.25) is 5.91 Å². The first-order chi connectivity index (χ1) is 9.70. The summed E-state index contributed by atoms with van der Waals surface area (Å²) in [7, 11) is 0. The van der Waals surface area contributed by atoms with E-state index in [1.807, 2.05) is 6.92 Å². The minimum Gasteiger partial charge on any atom is -0.462 e. The van der Waals surface area contributed by atoms with Crippen LogP contribution in [0.1, 0.15) is 36.5 Å². The molecule has 1 aromatic rings. The van der Waals surface area contributed by atoms with Crippen LogP contribution in [0.2, 0.25) is 0 Å². The maximum atomic E-state index is 12.0. The summed E-state index contributed by atoms with van der Waals surface area (Å²) < 4.78 is 5.05. The lowest BCUT2D eigenvalue weighted by atomic mass is 10.2. The zero-order valence-corrected chi connectivity index (χ0v) is 12.4. The van der Waals surface area contributed by atoms with Crippen molar-refractivity contribution in [2.24, 2.45) is 0 Å². The van der Waals surface area contributed by atoms with Crippen LogP contribution in [0.15, 0.2) is 24.3 Å². The van der Waals surface area contributed by atoms with Gasteiger partial charge in [-0.05, 0) is 49.3 Å². The van der Waals surface area contributed by atoms with E-state index in [9.17, 15) is 9.59 Å². The van der Waals surface area contributed by atoms with Gasteiger partial charge in [0.15, 0.2) is 0 Å². The third kappa shape index (κ3) is 4.00. The molecule has 1 aromatic carbocycles. The van der Waals surface area contributed by atoms with E-state index >= 15 is 0 Å². The summed E-state index contributed by atoms with van der Waals surface area (Å²) in [6, 6.07) is 6.82. The van der Waals surface area contributed by atoms with Crippen LogP contribution in [0.25, 0.3) is 0 Å². The van der Waals surface area contributed by atoms with Crippen LogP contribution in [-0.4, -0.2) is 29.5 Å². The van der Waals surface area contributed by atoms with Gasteiger partial charge >= 0.3 is 5.97 Å². The molecule has 1 N–H and O–H groups in total. The molecule has 20 heavy (non-hydrogen) atoms. The molecule has 1 atom stereocenters. The van der Waals surface area contributed by atoms with E-state index in [4.69, 9.17) is 4.74 Å². The van der Waals surface area contributed by atoms with Crippen molar-refractivity contribution < 1.29 is 14.3 Å². The topological polar surface area (TPSA) is 55.4 Å². The molecular formula is C15H19NO3S. The molecular weight excluding hydrogens is 274 g/mol. The van der Waals surface area contributed by atoms with E-state index in [1.54, 1.807) is 36.0 Å². The number of carbonyl (C=O) groups excluding carboxylic acids is 2. The van der Waals surface area contributed by atoms with Gasteiger partial charge in [0.1, 0.15) is 0 Å². The van der Waals surface area contributed by atoms with E-state index in [0.29, 0.717) is 12.2 Å². The van der Waals surface area contributed by atoms with Crippen molar-refractivity contribution in [2.75, 3.05) is 17.7 Å². The smallest absolute Gasteiger partial charge is 0.338 e. The number of amides is 1. The van der Waals surface area contributed by atoms with E-state index < -0.39 is 0 Å². The molecule has 1 unspecified atom stereocenters. The molecule has 108 valence electrons. The van der Waals surface area contributed by atoms with Crippen molar-refractivity contribution in [3.63, 3.8) is 0 Å². The predicted molar refractivity (Wildman–Crippen MR) is 81.1 cm³/mol. The lowest BCUT2D eigenvalue weighted by molar-refractivity contribution is -0.115. The van der Waals surface area contributed by atoms with E-state index in [1.165, 1.54) is 0 Å². The summed E-state index contributed by atoms with van der Waals surface area (Å²) in [4.78, 5) is 23.6. The Morgan fingerprint density at radius 3 is 2.70 bits per heavy atom. The Labute approximate surface area is 123 Å². The predicted octanol–water partition coefficient (Wildman–Crippen LogP) is 3.09. The summed E-state index contributed by atoms with van der Waals surface area (Å²) in [5.74, 6) is 0.783. The van der Waals surface area contributed by atoms with Gasteiger partial charge in [-0.15, -0.1) is 11.8 Å². The number of nitrogens with one attached hydrogen (secondary N) is 1. The Morgan fingerprint density at radius 2 is 2.10 bits per heavy atom. The van der Waals surface area contributed by atoms with Gasteiger partial charge in [0, 0.05) is 5.69 Å². The quantitative estimate of drug-likeness (QED) is 0.848. The second-order valence-electron chi connectivity index (χ2n) is 4.70. The van der Waals surface area contributed by atoms with Gasteiger partial charge in [-0.25, -0.2) is 4.79 Å². The summed E-state index contributed by atoms with van der Waals surface area (Å²) >= 11 is 1.70. The Hall–Kier alpha value is -1.49. The molecule has 0 spiro atoms. The fourth-order valence-electron chi connectivity index (χ4n) is 1.97. The third-order valence-electron chi connectivity index (χ3n) is 3.05. The number of benzene rings is 1. The molecule has 0 saturated carbocycles. The lowest BCUT2D eigenvalue weighted by Gasteiger charge is -2.10. The third-order valence-corrected chi connectivity index (χ3v) is 4.42. The van der Waals surface area contributed by atoms with Crippen LogP contribution in [0.4, 0.5) is 5.69 Å². The van der Waals surface area contributed by atoms with E-state index in [0.717, 1.165) is 30.7 Å². The summed E-state index contributed by atoms with van der Waals surface area (Å²) in [6.45, 7) is 2.38. The maximum Gasteiger partial charge on any atom is 0.338 e. The van der Waals surface area contributed by atoms with Crippen molar-refractivity contribution in [3.8, 4) is 0 Å². The van der Waals surface area contributed by atoms with Crippen molar-refractivity contribution in [1.29, 1.82) is 0 Å². The number of ether oxygens (including phenoxy) is 1. The molecule has 0 bridgehead atoms. The summed E-state index contributed by atoms with van der Waals surface area (Å²) in [5, 5.41) is 2.94. The van der Waals surface area contributed by atoms with Crippen LogP contribution >= 0.6 is 11.8 Å². The lowest BCUT2D eigenvalue weighted by Crippen LogP contribution is -2.22. The fourth-order valence-corrected chi connectivity index (χ4v) is 3.14. The van der Waals surface area contributed by atoms with Crippen LogP contribution < -0.4 is 5.32 Å². The number of hydrogen-bond acceptors (Lipinski definition) is 4. The molecule has 2 rings (SSSR count). The van der Waals surface area contributed by atoms with Crippen molar-refractivity contribution >= 4 is 29.3 Å². The number of rotatable bonds is 5.